The molecule has 2 unspecified atom stereocenters. The Hall–Kier alpha value is -2.59. The molecule has 2 rings (SSSR count). The Bertz CT molecular complexity index is 934. The zero-order valence-electron chi connectivity index (χ0n) is 25.3. The number of carbonyl (C=O) groups is 5. The summed E-state index contributed by atoms with van der Waals surface area (Å²) in [6.45, 7) is 13.5. The topological polar surface area (TPSA) is 137 Å². The molecule has 0 bridgehead atoms. The largest absolute Gasteiger partial charge is 0.349 e. The summed E-state index contributed by atoms with van der Waals surface area (Å²) in [7, 11) is 0. The van der Waals surface area contributed by atoms with Gasteiger partial charge in [-0.1, -0.05) is 31.4 Å². The van der Waals surface area contributed by atoms with Crippen LogP contribution in [0.2, 0.25) is 0 Å². The highest BCUT2D eigenvalue weighted by molar-refractivity contribution is 6.40. The van der Waals surface area contributed by atoms with E-state index in [-0.39, 0.29) is 30.1 Å². The van der Waals surface area contributed by atoms with Gasteiger partial charge in [0, 0.05) is 18.6 Å². The molecule has 10 nitrogen and oxygen atoms in total. The molecule has 0 spiro atoms. The average Bonchev–Trinajstić information content (AvgIpc) is 3.43. The molecule has 1 heterocycles. The van der Waals surface area contributed by atoms with Crippen LogP contribution in [0.1, 0.15) is 85.0 Å². The van der Waals surface area contributed by atoms with Crippen LogP contribution in [-0.4, -0.2) is 76.5 Å². The lowest BCUT2D eigenvalue weighted by atomic mass is 9.83. The summed E-state index contributed by atoms with van der Waals surface area (Å²) < 4.78 is 0. The number of rotatable bonds is 13. The minimum atomic E-state index is -1.03. The first kappa shape index (κ1) is 37.4. The number of alkyl halides is 2. The van der Waals surface area contributed by atoms with Crippen molar-refractivity contribution in [3.63, 3.8) is 0 Å². The first-order valence-corrected chi connectivity index (χ1v) is 15.8. The normalized spacial score (nSPS) is 18.4. The lowest BCUT2D eigenvalue weighted by Gasteiger charge is -2.35. The molecule has 0 radical (unpaired) electrons. The van der Waals surface area contributed by atoms with Crippen LogP contribution in [0.15, 0.2) is 25.3 Å². The second kappa shape index (κ2) is 19.6. The lowest BCUT2D eigenvalue weighted by molar-refractivity contribution is -0.143. The molecular formula is C30H49Cl2N5O5. The minimum Gasteiger partial charge on any atom is -0.349 e. The van der Waals surface area contributed by atoms with E-state index in [0.29, 0.717) is 32.2 Å². The van der Waals surface area contributed by atoms with Gasteiger partial charge < -0.3 is 26.2 Å². The Morgan fingerprint density at radius 1 is 0.929 bits per heavy atom. The summed E-state index contributed by atoms with van der Waals surface area (Å²) in [6.07, 6.45) is 10.2. The number of nitrogens with one attached hydrogen (secondary N) is 4. The van der Waals surface area contributed by atoms with Crippen molar-refractivity contribution in [3.8, 4) is 0 Å². The maximum Gasteiger partial charge on any atom is 0.315 e. The van der Waals surface area contributed by atoms with Gasteiger partial charge in [-0.2, -0.15) is 0 Å². The van der Waals surface area contributed by atoms with E-state index in [0.717, 1.165) is 32.1 Å². The Labute approximate surface area is 260 Å². The van der Waals surface area contributed by atoms with E-state index >= 15 is 0 Å². The van der Waals surface area contributed by atoms with Gasteiger partial charge in [0.05, 0.1) is 11.4 Å². The quantitative estimate of drug-likeness (QED) is 0.105. The second-order valence-electron chi connectivity index (χ2n) is 11.6. The summed E-state index contributed by atoms with van der Waals surface area (Å²) >= 11 is 9.53. The Kier molecular flexibility index (Phi) is 17.4. The van der Waals surface area contributed by atoms with Crippen LogP contribution in [0.4, 0.5) is 4.79 Å². The maximum absolute atomic E-state index is 13.9. The Morgan fingerprint density at radius 3 is 2.12 bits per heavy atom. The fourth-order valence-corrected chi connectivity index (χ4v) is 5.20. The number of likely N-dealkylation sites (tertiary alicyclic amines) is 1. The van der Waals surface area contributed by atoms with Crippen LogP contribution in [0.3, 0.4) is 0 Å². The standard InChI is InChI=1S/C29H47N5O5.CH2Cl2/c1-6-8-16-21(24(35)26(37)30-18-9-7-2)31-25(36)22-17-13-19-34(22)27(38)23(20-14-11-10-12-15-20)32-28(39)33-29(3,4)5;2-1-3/h6-7,20-23H,1-2,8-19H2,3-5H3,(H,30,37)(H,31,36)(H2,32,33,39);1H2/t21?,22-,23?;/m0./s1. The highest BCUT2D eigenvalue weighted by Gasteiger charge is 2.42. The number of amides is 5. The molecular weight excluding hydrogens is 581 g/mol. The van der Waals surface area contributed by atoms with Gasteiger partial charge in [-0.15, -0.1) is 36.4 Å². The molecule has 5 amide bonds. The van der Waals surface area contributed by atoms with Crippen molar-refractivity contribution >= 4 is 52.7 Å². The van der Waals surface area contributed by atoms with E-state index in [9.17, 15) is 24.0 Å². The third-order valence-electron chi connectivity index (χ3n) is 7.15. The van der Waals surface area contributed by atoms with Crippen LogP contribution in [0, 0.1) is 5.92 Å². The smallest absolute Gasteiger partial charge is 0.315 e. The van der Waals surface area contributed by atoms with E-state index in [2.05, 4.69) is 34.4 Å². The molecule has 2 fully saturated rings. The summed E-state index contributed by atoms with van der Waals surface area (Å²) in [4.78, 5) is 66.8. The zero-order chi connectivity index (χ0) is 31.7. The number of ketones is 1. The van der Waals surface area contributed by atoms with Crippen LogP contribution >= 0.6 is 23.2 Å². The number of allylic oxidation sites excluding steroid dienone is 1. The summed E-state index contributed by atoms with van der Waals surface area (Å²) in [5, 5.41) is 11.2. The van der Waals surface area contributed by atoms with Crippen molar-refractivity contribution in [3.05, 3.63) is 25.3 Å². The number of Topliss-reactive ketones (excluding diaryl/α,β-unsaturated/α-hetero) is 1. The van der Waals surface area contributed by atoms with Gasteiger partial charge in [0.25, 0.3) is 5.91 Å². The fourth-order valence-electron chi connectivity index (χ4n) is 5.20. The van der Waals surface area contributed by atoms with E-state index in [1.807, 2.05) is 20.8 Å². The summed E-state index contributed by atoms with van der Waals surface area (Å²) in [5.74, 6) is -2.26. The number of hydrogen-bond acceptors (Lipinski definition) is 5. The summed E-state index contributed by atoms with van der Waals surface area (Å²) in [5.41, 5.74) is -0.467. The molecule has 4 N–H and O–H groups in total. The van der Waals surface area contributed by atoms with Crippen LogP contribution in [0.5, 0.6) is 0 Å². The molecule has 42 heavy (non-hydrogen) atoms. The van der Waals surface area contributed by atoms with E-state index in [1.54, 1.807) is 12.2 Å². The predicted octanol–water partition coefficient (Wildman–Crippen LogP) is 4.16. The van der Waals surface area contributed by atoms with Crippen LogP contribution < -0.4 is 21.3 Å². The predicted molar refractivity (Wildman–Crippen MR) is 167 cm³/mol. The first-order valence-electron chi connectivity index (χ1n) is 14.7. The van der Waals surface area contributed by atoms with Crippen molar-refractivity contribution in [2.45, 2.75) is 109 Å². The SMILES string of the molecule is C=CCCNC(=O)C(=O)C(CCC=C)NC(=O)[C@@H]1CCCN1C(=O)C(NC(=O)NC(C)(C)C)C1CCCCC1.ClCCl. The fraction of sp³-hybridized carbons (Fsp3) is 0.700. The first-order chi connectivity index (χ1) is 19.9. The van der Waals surface area contributed by atoms with Crippen molar-refractivity contribution in [1.82, 2.24) is 26.2 Å². The Morgan fingerprint density at radius 2 is 1.55 bits per heavy atom. The minimum absolute atomic E-state index is 0.0116. The van der Waals surface area contributed by atoms with Crippen molar-refractivity contribution in [2.75, 3.05) is 18.4 Å². The van der Waals surface area contributed by atoms with Gasteiger partial charge in [-0.05, 0) is 71.6 Å². The molecule has 0 aromatic carbocycles. The molecule has 0 aromatic heterocycles. The van der Waals surface area contributed by atoms with Crippen LogP contribution in [-0.2, 0) is 19.2 Å². The van der Waals surface area contributed by atoms with Crippen molar-refractivity contribution in [2.24, 2.45) is 5.92 Å². The van der Waals surface area contributed by atoms with E-state index in [4.69, 9.17) is 23.2 Å². The molecule has 12 heteroatoms. The number of carbonyl (C=O) groups excluding carboxylic acids is 5. The molecule has 1 saturated carbocycles. The third kappa shape index (κ3) is 13.2. The Balaban J connectivity index is 0.00000281. The van der Waals surface area contributed by atoms with Gasteiger partial charge in [0.1, 0.15) is 12.1 Å². The summed E-state index contributed by atoms with van der Waals surface area (Å²) in [6, 6.07) is -2.96. The third-order valence-corrected chi connectivity index (χ3v) is 7.15. The number of halogens is 2. The molecule has 1 saturated heterocycles. The van der Waals surface area contributed by atoms with Crippen molar-refractivity contribution < 1.29 is 24.0 Å². The molecule has 3 atom stereocenters. The van der Waals surface area contributed by atoms with Crippen LogP contribution in [0.25, 0.3) is 0 Å². The number of urea groups is 1. The molecule has 0 aromatic rings. The van der Waals surface area contributed by atoms with Gasteiger partial charge in [-0.25, -0.2) is 4.79 Å². The van der Waals surface area contributed by atoms with Gasteiger partial charge in [-0.3, -0.25) is 19.2 Å². The monoisotopic (exact) mass is 629 g/mol. The van der Waals surface area contributed by atoms with Gasteiger partial charge in [0.2, 0.25) is 17.6 Å². The second-order valence-corrected chi connectivity index (χ2v) is 12.4. The average molecular weight is 631 g/mol. The van der Waals surface area contributed by atoms with E-state index < -0.39 is 47.3 Å². The maximum atomic E-state index is 13.9. The van der Waals surface area contributed by atoms with Crippen molar-refractivity contribution in [1.29, 1.82) is 0 Å². The highest BCUT2D eigenvalue weighted by atomic mass is 35.5. The zero-order valence-corrected chi connectivity index (χ0v) is 26.8. The highest BCUT2D eigenvalue weighted by Crippen LogP contribution is 2.29. The molecule has 1 aliphatic heterocycles. The van der Waals surface area contributed by atoms with Gasteiger partial charge >= 0.3 is 6.03 Å². The number of hydrogen-bond donors (Lipinski definition) is 4. The molecule has 1 aliphatic carbocycles. The number of nitrogens with zero attached hydrogens (tertiary/aromatic N) is 1. The molecule has 238 valence electrons. The molecule has 2 aliphatic rings. The van der Waals surface area contributed by atoms with Gasteiger partial charge in [0.15, 0.2) is 0 Å². The van der Waals surface area contributed by atoms with E-state index in [1.165, 1.54) is 4.90 Å². The lowest BCUT2D eigenvalue weighted by Crippen LogP contribution is -2.60.